The maximum absolute atomic E-state index is 12.8. The quantitative estimate of drug-likeness (QED) is 0.221. The third kappa shape index (κ3) is 5.06. The second kappa shape index (κ2) is 10.1. The van der Waals surface area contributed by atoms with Gasteiger partial charge in [-0.3, -0.25) is 0 Å². The lowest BCUT2D eigenvalue weighted by Crippen LogP contribution is -2.10. The van der Waals surface area contributed by atoms with E-state index in [1.54, 1.807) is 0 Å². The lowest BCUT2D eigenvalue weighted by Gasteiger charge is -2.16. The van der Waals surface area contributed by atoms with Gasteiger partial charge in [-0.1, -0.05) is 65.7 Å². The number of aromatic nitrogens is 1. The summed E-state index contributed by atoms with van der Waals surface area (Å²) < 4.78 is 11.3. The van der Waals surface area contributed by atoms with Gasteiger partial charge in [0.15, 0.2) is 0 Å². The highest BCUT2D eigenvalue weighted by atomic mass is 35.5. The molecule has 32 heavy (non-hydrogen) atoms. The number of hydrogen-bond acceptors (Lipinski definition) is 5. The van der Waals surface area contributed by atoms with Crippen LogP contribution < -0.4 is 4.74 Å². The van der Waals surface area contributed by atoms with Gasteiger partial charge in [0.1, 0.15) is 22.9 Å². The van der Waals surface area contributed by atoms with Crippen molar-refractivity contribution in [1.82, 2.24) is 4.98 Å². The first kappa shape index (κ1) is 22.2. The summed E-state index contributed by atoms with van der Waals surface area (Å²) in [6.07, 6.45) is 0. The first-order chi connectivity index (χ1) is 15.5. The molecule has 0 radical (unpaired) electrons. The zero-order valence-electron chi connectivity index (χ0n) is 17.8. The van der Waals surface area contributed by atoms with Crippen LogP contribution in [0.1, 0.15) is 27.0 Å². The van der Waals surface area contributed by atoms with Crippen LogP contribution in [-0.4, -0.2) is 18.1 Å². The summed E-state index contributed by atoms with van der Waals surface area (Å²) in [4.78, 5) is 17.6. The van der Waals surface area contributed by atoms with E-state index in [4.69, 9.17) is 26.1 Å². The number of carbonyl (C=O) groups excluding carboxylic acids is 1. The Morgan fingerprint density at radius 3 is 2.53 bits per heavy atom. The van der Waals surface area contributed by atoms with E-state index in [-0.39, 0.29) is 6.61 Å². The maximum atomic E-state index is 12.8. The van der Waals surface area contributed by atoms with Crippen molar-refractivity contribution in [3.05, 3.63) is 100 Å². The second-order valence-electron chi connectivity index (χ2n) is 7.32. The van der Waals surface area contributed by atoms with Crippen molar-refractivity contribution < 1.29 is 14.3 Å². The predicted molar refractivity (Wildman–Crippen MR) is 130 cm³/mol. The summed E-state index contributed by atoms with van der Waals surface area (Å²) in [5.74, 6) is 0.679. The molecule has 3 aromatic carbocycles. The number of halogens is 1. The summed E-state index contributed by atoms with van der Waals surface area (Å²) in [5.41, 5.74) is 4.40. The number of methoxy groups -OCH3 is 1. The molecule has 0 aliphatic carbocycles. The standard InChI is InChI=1S/C26H22ClNO3S/c1-17-6-5-7-19(14-17)16-32-25-23(26(29)30-2)24(21-8-3-4-9-22(21)28-25)31-15-18-10-12-20(27)13-11-18/h3-14H,15-16H2,1-2H3. The first-order valence-electron chi connectivity index (χ1n) is 10.1. The number of ether oxygens (including phenoxy) is 2. The van der Waals surface area contributed by atoms with Gasteiger partial charge in [0.2, 0.25) is 0 Å². The molecule has 0 N–H and O–H groups in total. The van der Waals surface area contributed by atoms with Gasteiger partial charge >= 0.3 is 5.97 Å². The third-order valence-electron chi connectivity index (χ3n) is 4.96. The number of nitrogens with zero attached hydrogens (tertiary/aromatic N) is 1. The van der Waals surface area contributed by atoms with Crippen molar-refractivity contribution in [3.63, 3.8) is 0 Å². The van der Waals surface area contributed by atoms with Crippen molar-refractivity contribution in [2.24, 2.45) is 0 Å². The summed E-state index contributed by atoms with van der Waals surface area (Å²) in [6.45, 7) is 2.35. The molecule has 4 rings (SSSR count). The number of benzene rings is 3. The van der Waals surface area contributed by atoms with E-state index in [1.165, 1.54) is 24.4 Å². The molecule has 0 aliphatic heterocycles. The molecule has 6 heteroatoms. The Bertz CT molecular complexity index is 1260. The van der Waals surface area contributed by atoms with Gasteiger partial charge in [-0.05, 0) is 42.3 Å². The van der Waals surface area contributed by atoms with Gasteiger partial charge in [0, 0.05) is 16.2 Å². The number of carbonyl (C=O) groups is 1. The Balaban J connectivity index is 1.74. The van der Waals surface area contributed by atoms with Crippen LogP contribution in [0.3, 0.4) is 0 Å². The predicted octanol–water partition coefficient (Wildman–Crippen LogP) is 6.85. The van der Waals surface area contributed by atoms with Gasteiger partial charge in [-0.15, -0.1) is 11.8 Å². The van der Waals surface area contributed by atoms with Crippen LogP contribution in [0.15, 0.2) is 77.8 Å². The lowest BCUT2D eigenvalue weighted by molar-refractivity contribution is 0.0590. The molecule has 0 saturated carbocycles. The SMILES string of the molecule is COC(=O)c1c(SCc2cccc(C)c2)nc2ccccc2c1OCc1ccc(Cl)cc1. The van der Waals surface area contributed by atoms with Crippen LogP contribution in [0.4, 0.5) is 0 Å². The summed E-state index contributed by atoms with van der Waals surface area (Å²) in [6, 6.07) is 23.4. The normalized spacial score (nSPS) is 10.8. The molecule has 0 saturated heterocycles. The number of para-hydroxylation sites is 1. The molecule has 0 spiro atoms. The fourth-order valence-corrected chi connectivity index (χ4v) is 4.48. The summed E-state index contributed by atoms with van der Waals surface area (Å²) in [7, 11) is 1.37. The minimum Gasteiger partial charge on any atom is -0.487 e. The molecular formula is C26H22ClNO3S. The van der Waals surface area contributed by atoms with Crippen LogP contribution in [-0.2, 0) is 17.1 Å². The lowest BCUT2D eigenvalue weighted by atomic mass is 10.1. The molecular weight excluding hydrogens is 442 g/mol. The van der Waals surface area contributed by atoms with Crippen LogP contribution in [0.25, 0.3) is 10.9 Å². The third-order valence-corrected chi connectivity index (χ3v) is 6.25. The molecule has 0 aliphatic rings. The number of pyridine rings is 1. The smallest absolute Gasteiger partial charge is 0.344 e. The molecule has 0 fully saturated rings. The van der Waals surface area contributed by atoms with Crippen molar-refractivity contribution >= 4 is 40.2 Å². The van der Waals surface area contributed by atoms with Crippen LogP contribution in [0, 0.1) is 6.92 Å². The van der Waals surface area contributed by atoms with Crippen molar-refractivity contribution in [2.45, 2.75) is 24.3 Å². The van der Waals surface area contributed by atoms with E-state index >= 15 is 0 Å². The Morgan fingerprint density at radius 2 is 1.78 bits per heavy atom. The monoisotopic (exact) mass is 463 g/mol. The van der Waals surface area contributed by atoms with Crippen LogP contribution in [0.5, 0.6) is 5.75 Å². The molecule has 4 aromatic rings. The van der Waals surface area contributed by atoms with Gasteiger partial charge < -0.3 is 9.47 Å². The van der Waals surface area contributed by atoms with Crippen molar-refractivity contribution in [3.8, 4) is 5.75 Å². The minimum atomic E-state index is -0.471. The Morgan fingerprint density at radius 1 is 1.00 bits per heavy atom. The zero-order valence-corrected chi connectivity index (χ0v) is 19.4. The Labute approximate surface area is 196 Å². The molecule has 0 bridgehead atoms. The fourth-order valence-electron chi connectivity index (χ4n) is 3.39. The highest BCUT2D eigenvalue weighted by Crippen LogP contribution is 2.37. The first-order valence-corrected chi connectivity index (χ1v) is 11.5. The molecule has 162 valence electrons. The van der Waals surface area contributed by atoms with Gasteiger partial charge in [0.25, 0.3) is 0 Å². The Kier molecular flexibility index (Phi) is 6.98. The molecule has 0 unspecified atom stereocenters. The highest BCUT2D eigenvalue weighted by Gasteiger charge is 2.24. The summed E-state index contributed by atoms with van der Waals surface area (Å²) >= 11 is 7.49. The molecule has 1 heterocycles. The number of aryl methyl sites for hydroxylation is 1. The number of hydrogen-bond donors (Lipinski definition) is 0. The number of thioether (sulfide) groups is 1. The number of rotatable bonds is 7. The van der Waals surface area contributed by atoms with E-state index in [9.17, 15) is 4.79 Å². The van der Waals surface area contributed by atoms with E-state index in [1.807, 2.05) is 54.6 Å². The van der Waals surface area contributed by atoms with Crippen molar-refractivity contribution in [2.75, 3.05) is 7.11 Å². The van der Waals surface area contributed by atoms with Crippen LogP contribution in [0.2, 0.25) is 5.02 Å². The van der Waals surface area contributed by atoms with Gasteiger partial charge in [-0.25, -0.2) is 9.78 Å². The second-order valence-corrected chi connectivity index (χ2v) is 8.72. The van der Waals surface area contributed by atoms with E-state index in [2.05, 4.69) is 25.1 Å². The molecule has 4 nitrogen and oxygen atoms in total. The fraction of sp³-hybridized carbons (Fsp3) is 0.154. The molecule has 0 atom stereocenters. The zero-order chi connectivity index (χ0) is 22.5. The minimum absolute atomic E-state index is 0.289. The van der Waals surface area contributed by atoms with E-state index < -0.39 is 5.97 Å². The largest absolute Gasteiger partial charge is 0.487 e. The average Bonchev–Trinajstić information content (AvgIpc) is 2.81. The number of fused-ring (bicyclic) bond motifs is 1. The molecule has 1 aromatic heterocycles. The van der Waals surface area contributed by atoms with Gasteiger partial charge in [0.05, 0.1) is 12.6 Å². The maximum Gasteiger partial charge on any atom is 0.344 e. The topological polar surface area (TPSA) is 48.4 Å². The average molecular weight is 464 g/mol. The Hall–Kier alpha value is -3.02. The molecule has 0 amide bonds. The summed E-state index contributed by atoms with van der Waals surface area (Å²) in [5, 5.41) is 2.01. The van der Waals surface area contributed by atoms with E-state index in [0.717, 1.165) is 22.0 Å². The van der Waals surface area contributed by atoms with E-state index in [0.29, 0.717) is 27.1 Å². The van der Waals surface area contributed by atoms with Gasteiger partial charge in [-0.2, -0.15) is 0 Å². The number of esters is 1. The van der Waals surface area contributed by atoms with Crippen LogP contribution >= 0.6 is 23.4 Å². The highest BCUT2D eigenvalue weighted by molar-refractivity contribution is 7.98. The van der Waals surface area contributed by atoms with Crippen molar-refractivity contribution in [1.29, 1.82) is 0 Å².